The van der Waals surface area contributed by atoms with Crippen molar-refractivity contribution in [2.45, 2.75) is 19.1 Å². The highest BCUT2D eigenvalue weighted by Gasteiger charge is 2.29. The number of nitrogens with one attached hydrogen (secondary N) is 1. The predicted octanol–water partition coefficient (Wildman–Crippen LogP) is 0.880. The molecule has 0 saturated carbocycles. The highest BCUT2D eigenvalue weighted by molar-refractivity contribution is 7.94. The lowest BCUT2D eigenvalue weighted by atomic mass is 10.2. The number of benzene rings is 1. The number of anilines is 2. The smallest absolute Gasteiger partial charge is 0.325 e. The molecule has 0 amide bonds. The lowest BCUT2D eigenvalue weighted by molar-refractivity contribution is -0.139. The summed E-state index contributed by atoms with van der Waals surface area (Å²) in [6.07, 6.45) is 0. The molecule has 3 N–H and O–H groups in total. The average molecular weight is 272 g/mol. The Kier molecular flexibility index (Phi) is 4.18. The Bertz CT molecular complexity index is 554. The highest BCUT2D eigenvalue weighted by atomic mass is 32.2. The number of rotatable bonds is 4. The summed E-state index contributed by atoms with van der Waals surface area (Å²) in [5, 5.41) is -1.28. The van der Waals surface area contributed by atoms with Crippen molar-refractivity contribution in [1.29, 1.82) is 0 Å². The van der Waals surface area contributed by atoms with Gasteiger partial charge in [0.15, 0.2) is 5.25 Å². The van der Waals surface area contributed by atoms with E-state index in [1.165, 1.54) is 6.92 Å². The second kappa shape index (κ2) is 5.26. The van der Waals surface area contributed by atoms with Gasteiger partial charge in [0.1, 0.15) is 0 Å². The van der Waals surface area contributed by atoms with Crippen LogP contribution in [0.4, 0.5) is 11.4 Å². The van der Waals surface area contributed by atoms with Crippen LogP contribution < -0.4 is 10.5 Å². The Labute approximate surface area is 106 Å². The Balaban J connectivity index is 2.99. The lowest BCUT2D eigenvalue weighted by Gasteiger charge is -2.14. The Morgan fingerprint density at radius 3 is 2.56 bits per heavy atom. The molecule has 100 valence electrons. The summed E-state index contributed by atoms with van der Waals surface area (Å²) in [5.74, 6) is -0.810. The molecule has 0 heterocycles. The van der Waals surface area contributed by atoms with E-state index in [1.54, 1.807) is 25.1 Å². The Morgan fingerprint density at radius 2 is 2.06 bits per heavy atom. The molecule has 6 nitrogen and oxygen atoms in total. The number of nitrogen functional groups attached to an aromatic ring is 1. The van der Waals surface area contributed by atoms with Crippen LogP contribution in [0.3, 0.4) is 0 Å². The number of hydrogen-bond donors (Lipinski definition) is 2. The molecule has 1 rings (SSSR count). The third kappa shape index (κ3) is 3.13. The number of esters is 1. The van der Waals surface area contributed by atoms with E-state index in [-0.39, 0.29) is 0 Å². The number of nitrogens with two attached hydrogens (primary N) is 1. The van der Waals surface area contributed by atoms with Crippen LogP contribution in [-0.2, 0) is 19.6 Å². The number of aryl methyl sites for hydroxylation is 1. The first kappa shape index (κ1) is 14.3. The van der Waals surface area contributed by atoms with Gasteiger partial charge in [-0.05, 0) is 37.6 Å². The van der Waals surface area contributed by atoms with Crippen LogP contribution in [0.15, 0.2) is 18.2 Å². The number of carbonyl (C=O) groups excluding carboxylic acids is 1. The maximum absolute atomic E-state index is 11.9. The van der Waals surface area contributed by atoms with Gasteiger partial charge in [-0.15, -0.1) is 0 Å². The van der Waals surface area contributed by atoms with Gasteiger partial charge in [0, 0.05) is 5.69 Å². The van der Waals surface area contributed by atoms with Crippen LogP contribution >= 0.6 is 0 Å². The molecule has 1 aromatic rings. The molecule has 1 atom stereocenters. The van der Waals surface area contributed by atoms with Crippen molar-refractivity contribution < 1.29 is 17.9 Å². The van der Waals surface area contributed by atoms with E-state index in [2.05, 4.69) is 9.46 Å². The molecule has 0 aliphatic heterocycles. The third-order valence-electron chi connectivity index (χ3n) is 2.50. The van der Waals surface area contributed by atoms with E-state index in [4.69, 9.17) is 5.73 Å². The van der Waals surface area contributed by atoms with E-state index >= 15 is 0 Å². The molecule has 1 aromatic carbocycles. The van der Waals surface area contributed by atoms with Crippen LogP contribution in [0.2, 0.25) is 0 Å². The van der Waals surface area contributed by atoms with Crippen molar-refractivity contribution in [3.05, 3.63) is 23.8 Å². The van der Waals surface area contributed by atoms with Gasteiger partial charge in [0.2, 0.25) is 10.0 Å². The molecular weight excluding hydrogens is 256 g/mol. The first-order chi connectivity index (χ1) is 8.27. The number of sulfonamides is 1. The predicted molar refractivity (Wildman–Crippen MR) is 69.6 cm³/mol. The summed E-state index contributed by atoms with van der Waals surface area (Å²) in [4.78, 5) is 11.2. The summed E-state index contributed by atoms with van der Waals surface area (Å²) in [5.41, 5.74) is 7.17. The zero-order chi connectivity index (χ0) is 13.9. The van der Waals surface area contributed by atoms with Crippen molar-refractivity contribution in [1.82, 2.24) is 0 Å². The Morgan fingerprint density at radius 1 is 1.44 bits per heavy atom. The molecule has 0 aromatic heterocycles. The maximum atomic E-state index is 11.9. The number of methoxy groups -OCH3 is 1. The standard InChI is InChI=1S/C11H16N2O4S/c1-7-6-9(12)4-5-10(7)13-18(15,16)8(2)11(14)17-3/h4-6,8,13H,12H2,1-3H3. The van der Waals surface area contributed by atoms with Crippen LogP contribution in [0.5, 0.6) is 0 Å². The van der Waals surface area contributed by atoms with Gasteiger partial charge in [-0.2, -0.15) is 0 Å². The minimum atomic E-state index is -3.83. The largest absolute Gasteiger partial charge is 0.468 e. The number of ether oxygens (including phenoxy) is 1. The van der Waals surface area contributed by atoms with Gasteiger partial charge in [0.05, 0.1) is 12.8 Å². The van der Waals surface area contributed by atoms with Crippen LogP contribution in [0, 0.1) is 6.92 Å². The van der Waals surface area contributed by atoms with Crippen molar-refractivity contribution >= 4 is 27.4 Å². The number of carbonyl (C=O) groups is 1. The zero-order valence-electron chi connectivity index (χ0n) is 10.4. The van der Waals surface area contributed by atoms with E-state index in [1.807, 2.05) is 0 Å². The second-order valence-corrected chi connectivity index (χ2v) is 5.89. The molecule has 0 saturated heterocycles. The van der Waals surface area contributed by atoms with Gasteiger partial charge >= 0.3 is 5.97 Å². The molecule has 0 bridgehead atoms. The quantitative estimate of drug-likeness (QED) is 0.626. The van der Waals surface area contributed by atoms with Crippen LogP contribution in [0.25, 0.3) is 0 Å². The van der Waals surface area contributed by atoms with E-state index in [9.17, 15) is 13.2 Å². The first-order valence-electron chi connectivity index (χ1n) is 5.23. The number of hydrogen-bond acceptors (Lipinski definition) is 5. The summed E-state index contributed by atoms with van der Waals surface area (Å²) < 4.78 is 30.5. The normalized spacial score (nSPS) is 12.8. The summed E-state index contributed by atoms with van der Waals surface area (Å²) in [6.45, 7) is 2.98. The topological polar surface area (TPSA) is 98.5 Å². The summed E-state index contributed by atoms with van der Waals surface area (Å²) in [6, 6.07) is 4.76. The molecule has 7 heteroatoms. The van der Waals surface area contributed by atoms with Crippen molar-refractivity contribution in [3.63, 3.8) is 0 Å². The van der Waals surface area contributed by atoms with Gasteiger partial charge < -0.3 is 10.5 Å². The van der Waals surface area contributed by atoms with Gasteiger partial charge in [-0.3, -0.25) is 9.52 Å². The van der Waals surface area contributed by atoms with Crippen LogP contribution in [-0.4, -0.2) is 26.7 Å². The van der Waals surface area contributed by atoms with Crippen LogP contribution in [0.1, 0.15) is 12.5 Å². The summed E-state index contributed by atoms with van der Waals surface area (Å²) in [7, 11) is -2.68. The van der Waals surface area contributed by atoms with E-state index in [0.29, 0.717) is 16.9 Å². The minimum Gasteiger partial charge on any atom is -0.468 e. The molecule has 0 spiro atoms. The molecule has 0 fully saturated rings. The fraction of sp³-hybridized carbons (Fsp3) is 0.364. The monoisotopic (exact) mass is 272 g/mol. The van der Waals surface area contributed by atoms with Crippen molar-refractivity contribution in [2.24, 2.45) is 0 Å². The first-order valence-corrected chi connectivity index (χ1v) is 6.78. The fourth-order valence-corrected chi connectivity index (χ4v) is 2.40. The average Bonchev–Trinajstić information content (AvgIpc) is 2.30. The molecule has 1 unspecified atom stereocenters. The molecule has 0 aliphatic carbocycles. The van der Waals surface area contributed by atoms with Gasteiger partial charge in [-0.1, -0.05) is 0 Å². The minimum absolute atomic E-state index is 0.389. The molecule has 0 radical (unpaired) electrons. The SMILES string of the molecule is COC(=O)C(C)S(=O)(=O)Nc1ccc(N)cc1C. The third-order valence-corrected chi connectivity index (χ3v) is 4.13. The summed E-state index contributed by atoms with van der Waals surface area (Å²) >= 11 is 0. The van der Waals surface area contributed by atoms with Crippen molar-refractivity contribution in [3.8, 4) is 0 Å². The highest BCUT2D eigenvalue weighted by Crippen LogP contribution is 2.20. The second-order valence-electron chi connectivity index (χ2n) is 3.89. The molecule has 0 aliphatic rings. The van der Waals surface area contributed by atoms with Gasteiger partial charge in [0.25, 0.3) is 0 Å². The fourth-order valence-electron chi connectivity index (χ4n) is 1.34. The Hall–Kier alpha value is -1.76. The van der Waals surface area contributed by atoms with Crippen molar-refractivity contribution in [2.75, 3.05) is 17.6 Å². The molecule has 18 heavy (non-hydrogen) atoms. The lowest BCUT2D eigenvalue weighted by Crippen LogP contribution is -2.33. The maximum Gasteiger partial charge on any atom is 0.325 e. The molecular formula is C11H16N2O4S. The van der Waals surface area contributed by atoms with Gasteiger partial charge in [-0.25, -0.2) is 8.42 Å². The zero-order valence-corrected chi connectivity index (χ0v) is 11.2. The van der Waals surface area contributed by atoms with E-state index < -0.39 is 21.2 Å². The van der Waals surface area contributed by atoms with E-state index in [0.717, 1.165) is 7.11 Å².